The topological polar surface area (TPSA) is 70.1 Å². The summed E-state index contributed by atoms with van der Waals surface area (Å²) in [6.45, 7) is 6.04. The Labute approximate surface area is 118 Å². The van der Waals surface area contributed by atoms with Crippen LogP contribution in [0.25, 0.3) is 11.1 Å². The van der Waals surface area contributed by atoms with Gasteiger partial charge >= 0.3 is 5.97 Å². The van der Waals surface area contributed by atoms with Crippen LogP contribution in [-0.2, 0) is 11.8 Å². The molecule has 106 valence electrons. The molecule has 0 aliphatic rings. The first-order valence-electron chi connectivity index (χ1n) is 6.35. The summed E-state index contributed by atoms with van der Waals surface area (Å²) < 4.78 is 6.30. The quantitative estimate of drug-likeness (QED) is 0.853. The molecule has 0 unspecified atom stereocenters. The summed E-state index contributed by atoms with van der Waals surface area (Å²) >= 11 is 0. The molecule has 0 spiro atoms. The van der Waals surface area contributed by atoms with Crippen molar-refractivity contribution >= 4 is 11.8 Å². The number of methoxy groups -OCH3 is 1. The summed E-state index contributed by atoms with van der Waals surface area (Å²) in [6.07, 6.45) is 0. The third kappa shape index (κ3) is 2.15. The molecule has 0 saturated carbocycles. The number of aromatic nitrogens is 2. The largest absolute Gasteiger partial charge is 0.464 e. The molecule has 0 amide bonds. The zero-order chi connectivity index (χ0) is 15.0. The van der Waals surface area contributed by atoms with Gasteiger partial charge in [-0.1, -0.05) is 17.7 Å². The summed E-state index contributed by atoms with van der Waals surface area (Å²) in [4.78, 5) is 11.9. The van der Waals surface area contributed by atoms with E-state index >= 15 is 0 Å². The highest BCUT2D eigenvalue weighted by Gasteiger charge is 2.24. The summed E-state index contributed by atoms with van der Waals surface area (Å²) in [7, 11) is 3.05. The van der Waals surface area contributed by atoms with E-state index in [0.717, 1.165) is 16.7 Å². The number of benzene rings is 1. The van der Waals surface area contributed by atoms with Crippen LogP contribution in [0.3, 0.4) is 0 Å². The van der Waals surface area contributed by atoms with E-state index in [0.29, 0.717) is 11.4 Å². The van der Waals surface area contributed by atoms with Crippen molar-refractivity contribution in [3.8, 4) is 11.1 Å². The van der Waals surface area contributed by atoms with E-state index in [1.807, 2.05) is 20.8 Å². The van der Waals surface area contributed by atoms with E-state index in [1.165, 1.54) is 17.4 Å². The van der Waals surface area contributed by atoms with Crippen LogP contribution < -0.4 is 5.73 Å². The minimum absolute atomic E-state index is 0.252. The Kier molecular flexibility index (Phi) is 3.53. The average Bonchev–Trinajstić information content (AvgIpc) is 2.65. The highest BCUT2D eigenvalue weighted by molar-refractivity contribution is 5.99. The lowest BCUT2D eigenvalue weighted by Gasteiger charge is -2.12. The minimum Gasteiger partial charge on any atom is -0.464 e. The molecule has 5 heteroatoms. The molecule has 2 rings (SSSR count). The van der Waals surface area contributed by atoms with Crippen LogP contribution in [0.1, 0.15) is 27.2 Å². The number of rotatable bonds is 2. The molecule has 0 fully saturated rings. The zero-order valence-electron chi connectivity index (χ0n) is 12.4. The standard InChI is InChI=1S/C15H19N3O2/c1-8-6-9(2)11(10(3)7-8)12-13(15(19)20-5)17-18(4)14(12)16/h6-7H,16H2,1-5H3. The van der Waals surface area contributed by atoms with Crippen LogP contribution in [0.15, 0.2) is 12.1 Å². The smallest absolute Gasteiger partial charge is 0.359 e. The van der Waals surface area contributed by atoms with Crippen molar-refractivity contribution in [3.63, 3.8) is 0 Å². The van der Waals surface area contributed by atoms with Crippen molar-refractivity contribution < 1.29 is 9.53 Å². The normalized spacial score (nSPS) is 10.7. The Balaban J connectivity index is 2.79. The molecule has 0 aliphatic heterocycles. The van der Waals surface area contributed by atoms with Gasteiger partial charge < -0.3 is 10.5 Å². The zero-order valence-corrected chi connectivity index (χ0v) is 12.4. The van der Waals surface area contributed by atoms with Gasteiger partial charge in [0.15, 0.2) is 5.69 Å². The van der Waals surface area contributed by atoms with Crippen LogP contribution in [0, 0.1) is 20.8 Å². The van der Waals surface area contributed by atoms with Gasteiger partial charge in [0.2, 0.25) is 0 Å². The Morgan fingerprint density at radius 1 is 1.20 bits per heavy atom. The van der Waals surface area contributed by atoms with Gasteiger partial charge in [-0.15, -0.1) is 0 Å². The van der Waals surface area contributed by atoms with Gasteiger partial charge in [0.1, 0.15) is 5.82 Å². The number of ether oxygens (including phenoxy) is 1. The van der Waals surface area contributed by atoms with Gasteiger partial charge in [0.25, 0.3) is 0 Å². The van der Waals surface area contributed by atoms with Gasteiger partial charge in [0, 0.05) is 7.05 Å². The van der Waals surface area contributed by atoms with Crippen molar-refractivity contribution in [1.82, 2.24) is 9.78 Å². The number of anilines is 1. The van der Waals surface area contributed by atoms with Crippen molar-refractivity contribution in [3.05, 3.63) is 34.5 Å². The van der Waals surface area contributed by atoms with E-state index in [9.17, 15) is 4.79 Å². The molecule has 1 heterocycles. The van der Waals surface area contributed by atoms with Gasteiger partial charge in [-0.25, -0.2) is 4.79 Å². The molecule has 20 heavy (non-hydrogen) atoms. The number of nitrogens with two attached hydrogens (primary N) is 1. The number of nitrogens with zero attached hydrogens (tertiary/aromatic N) is 2. The predicted octanol–water partition coefficient (Wildman–Crippen LogP) is 2.38. The first-order chi connectivity index (χ1) is 9.36. The van der Waals surface area contributed by atoms with Crippen molar-refractivity contribution in [2.45, 2.75) is 20.8 Å². The Hall–Kier alpha value is -2.30. The highest BCUT2D eigenvalue weighted by Crippen LogP contribution is 2.35. The third-order valence-electron chi connectivity index (χ3n) is 3.40. The second-order valence-electron chi connectivity index (χ2n) is 5.00. The fraction of sp³-hybridized carbons (Fsp3) is 0.333. The average molecular weight is 273 g/mol. The second-order valence-corrected chi connectivity index (χ2v) is 5.00. The lowest BCUT2D eigenvalue weighted by atomic mass is 9.93. The number of hydrogen-bond donors (Lipinski definition) is 1. The summed E-state index contributed by atoms with van der Waals surface area (Å²) in [5.41, 5.74) is 11.2. The second kappa shape index (κ2) is 5.00. The van der Waals surface area contributed by atoms with Crippen molar-refractivity contribution in [2.24, 2.45) is 7.05 Å². The fourth-order valence-electron chi connectivity index (χ4n) is 2.60. The van der Waals surface area contributed by atoms with Crippen LogP contribution in [0.4, 0.5) is 5.82 Å². The summed E-state index contributed by atoms with van der Waals surface area (Å²) in [5, 5.41) is 4.18. The number of aryl methyl sites for hydroxylation is 4. The minimum atomic E-state index is -0.480. The number of carbonyl (C=O) groups excluding carboxylic acids is 1. The highest BCUT2D eigenvalue weighted by atomic mass is 16.5. The molecule has 0 saturated heterocycles. The molecule has 0 bridgehead atoms. The maximum atomic E-state index is 11.9. The summed E-state index contributed by atoms with van der Waals surface area (Å²) in [6, 6.07) is 4.13. The maximum Gasteiger partial charge on any atom is 0.359 e. The van der Waals surface area contributed by atoms with Crippen LogP contribution >= 0.6 is 0 Å². The lowest BCUT2D eigenvalue weighted by Crippen LogP contribution is -2.05. The fourth-order valence-corrected chi connectivity index (χ4v) is 2.60. The summed E-state index contributed by atoms with van der Waals surface area (Å²) in [5.74, 6) is -0.0212. The molecular weight excluding hydrogens is 254 g/mol. The molecule has 1 aromatic carbocycles. The van der Waals surface area contributed by atoms with E-state index in [1.54, 1.807) is 7.05 Å². The Bertz CT molecular complexity index is 664. The van der Waals surface area contributed by atoms with E-state index in [4.69, 9.17) is 10.5 Å². The molecule has 0 aliphatic carbocycles. The monoisotopic (exact) mass is 273 g/mol. The number of esters is 1. The third-order valence-corrected chi connectivity index (χ3v) is 3.40. The van der Waals surface area contributed by atoms with Crippen LogP contribution in [-0.4, -0.2) is 22.9 Å². The van der Waals surface area contributed by atoms with Gasteiger partial charge in [-0.3, -0.25) is 4.68 Å². The van der Waals surface area contributed by atoms with Gasteiger partial charge in [-0.05, 0) is 37.5 Å². The molecule has 5 nitrogen and oxygen atoms in total. The van der Waals surface area contributed by atoms with Crippen LogP contribution in [0.5, 0.6) is 0 Å². The van der Waals surface area contributed by atoms with Gasteiger partial charge in [0.05, 0.1) is 12.7 Å². The van der Waals surface area contributed by atoms with Crippen molar-refractivity contribution in [2.75, 3.05) is 12.8 Å². The molecule has 2 aromatic rings. The molecule has 2 N–H and O–H groups in total. The van der Waals surface area contributed by atoms with E-state index in [2.05, 4.69) is 17.2 Å². The predicted molar refractivity (Wildman–Crippen MR) is 78.6 cm³/mol. The number of carbonyl (C=O) groups is 1. The molecular formula is C15H19N3O2. The maximum absolute atomic E-state index is 11.9. The molecule has 1 aromatic heterocycles. The molecule has 0 atom stereocenters. The van der Waals surface area contributed by atoms with Crippen LogP contribution in [0.2, 0.25) is 0 Å². The lowest BCUT2D eigenvalue weighted by molar-refractivity contribution is 0.0594. The number of hydrogen-bond acceptors (Lipinski definition) is 4. The Morgan fingerprint density at radius 2 is 1.75 bits per heavy atom. The SMILES string of the molecule is COC(=O)c1nn(C)c(N)c1-c1c(C)cc(C)cc1C. The van der Waals surface area contributed by atoms with Crippen molar-refractivity contribution in [1.29, 1.82) is 0 Å². The first-order valence-corrected chi connectivity index (χ1v) is 6.35. The molecule has 0 radical (unpaired) electrons. The van der Waals surface area contributed by atoms with Gasteiger partial charge in [-0.2, -0.15) is 5.10 Å². The van der Waals surface area contributed by atoms with E-state index < -0.39 is 5.97 Å². The first kappa shape index (κ1) is 14.1. The number of nitrogen functional groups attached to an aromatic ring is 1. The Morgan fingerprint density at radius 3 is 2.25 bits per heavy atom. The van der Waals surface area contributed by atoms with E-state index in [-0.39, 0.29) is 5.69 Å².